The Morgan fingerprint density at radius 2 is 1.02 bits per heavy atom. The molecule has 0 bridgehead atoms. The molecule has 4 heteroatoms. The minimum atomic E-state index is 0.653. The molecular weight excluding hydrogens is 633 g/mol. The van der Waals surface area contributed by atoms with Crippen molar-refractivity contribution in [3.05, 3.63) is 181 Å². The van der Waals surface area contributed by atoms with Crippen LogP contribution >= 0.6 is 0 Å². The third kappa shape index (κ3) is 5.33. The van der Waals surface area contributed by atoms with E-state index in [-0.39, 0.29) is 0 Å². The van der Waals surface area contributed by atoms with Crippen LogP contribution in [0.25, 0.3) is 89.2 Å². The van der Waals surface area contributed by atoms with E-state index in [1.165, 1.54) is 55.1 Å². The first kappa shape index (κ1) is 30.1. The van der Waals surface area contributed by atoms with Gasteiger partial charge in [-0.25, -0.2) is 15.0 Å². The van der Waals surface area contributed by atoms with Gasteiger partial charge in [0.05, 0.1) is 5.52 Å². The Kier molecular flexibility index (Phi) is 7.24. The summed E-state index contributed by atoms with van der Waals surface area (Å²) in [6.45, 7) is 0. The lowest BCUT2D eigenvalue weighted by Gasteiger charge is -2.24. The van der Waals surface area contributed by atoms with Crippen LogP contribution in [-0.4, -0.2) is 19.9 Å². The topological polar surface area (TPSA) is 51.6 Å². The molecule has 1 aliphatic carbocycles. The van der Waals surface area contributed by atoms with Crippen LogP contribution in [0.2, 0.25) is 0 Å². The lowest BCUT2D eigenvalue weighted by Crippen LogP contribution is -2.06. The van der Waals surface area contributed by atoms with Crippen LogP contribution in [0.1, 0.15) is 11.1 Å². The van der Waals surface area contributed by atoms with E-state index in [0.29, 0.717) is 17.5 Å². The molecule has 9 aromatic rings. The van der Waals surface area contributed by atoms with Crippen molar-refractivity contribution in [1.29, 1.82) is 0 Å². The van der Waals surface area contributed by atoms with Crippen LogP contribution in [0.3, 0.4) is 0 Å². The van der Waals surface area contributed by atoms with Gasteiger partial charge in [-0.3, -0.25) is 4.98 Å². The van der Waals surface area contributed by atoms with Crippen molar-refractivity contribution in [2.75, 3.05) is 0 Å². The molecule has 7 aromatic carbocycles. The number of rotatable bonds is 5. The summed E-state index contributed by atoms with van der Waals surface area (Å²) in [5.74, 6) is 1.97. The maximum absolute atomic E-state index is 5.04. The molecule has 2 aromatic heterocycles. The zero-order valence-corrected chi connectivity index (χ0v) is 28.4. The Morgan fingerprint density at radius 1 is 0.365 bits per heavy atom. The molecule has 0 fully saturated rings. The van der Waals surface area contributed by atoms with Gasteiger partial charge in [0.25, 0.3) is 0 Å². The van der Waals surface area contributed by atoms with Crippen molar-refractivity contribution in [2.24, 2.45) is 0 Å². The smallest absolute Gasteiger partial charge is 0.164 e. The summed E-state index contributed by atoms with van der Waals surface area (Å²) in [6.07, 6.45) is 3.85. The predicted octanol–water partition coefficient (Wildman–Crippen LogP) is 11.7. The molecule has 0 radical (unpaired) electrons. The molecule has 10 rings (SSSR count). The third-order valence-electron chi connectivity index (χ3n) is 10.3. The summed E-state index contributed by atoms with van der Waals surface area (Å²) >= 11 is 0. The zero-order chi connectivity index (χ0) is 34.4. The first-order valence-electron chi connectivity index (χ1n) is 17.8. The van der Waals surface area contributed by atoms with Gasteiger partial charge in [-0.2, -0.15) is 0 Å². The molecule has 1 aliphatic rings. The van der Waals surface area contributed by atoms with E-state index in [4.69, 9.17) is 15.0 Å². The van der Waals surface area contributed by atoms with Gasteiger partial charge in [-0.15, -0.1) is 0 Å². The summed E-state index contributed by atoms with van der Waals surface area (Å²) < 4.78 is 0. The van der Waals surface area contributed by atoms with Crippen LogP contribution in [0.15, 0.2) is 170 Å². The highest BCUT2D eigenvalue weighted by atomic mass is 15.0. The molecule has 52 heavy (non-hydrogen) atoms. The predicted molar refractivity (Wildman–Crippen MR) is 213 cm³/mol. The SMILES string of the molecule is c1ccc(-c2nc(-c3ccccc3)nc(-c3cccc(-c4cc(-c5ccc6ccc7ncccc7c6c5)cc5c4CCc4ccccc4-5)c3)n2)cc1. The molecule has 0 aliphatic heterocycles. The van der Waals surface area contributed by atoms with E-state index >= 15 is 0 Å². The monoisotopic (exact) mass is 664 g/mol. The van der Waals surface area contributed by atoms with Gasteiger partial charge in [-0.1, -0.05) is 127 Å². The molecule has 0 saturated heterocycles. The van der Waals surface area contributed by atoms with Gasteiger partial charge < -0.3 is 0 Å². The Labute approximate surface area is 302 Å². The van der Waals surface area contributed by atoms with Crippen LogP contribution in [0.4, 0.5) is 0 Å². The second-order valence-electron chi connectivity index (χ2n) is 13.4. The number of nitrogens with zero attached hydrogens (tertiary/aromatic N) is 4. The van der Waals surface area contributed by atoms with Crippen LogP contribution in [-0.2, 0) is 12.8 Å². The molecule has 244 valence electrons. The number of fused-ring (bicyclic) bond motifs is 6. The molecular formula is C48H32N4. The highest BCUT2D eigenvalue weighted by molar-refractivity contribution is 6.07. The van der Waals surface area contributed by atoms with E-state index in [1.54, 1.807) is 0 Å². The summed E-state index contributed by atoms with van der Waals surface area (Å²) in [5, 5.41) is 3.59. The van der Waals surface area contributed by atoms with Gasteiger partial charge in [0, 0.05) is 28.3 Å². The first-order valence-corrected chi connectivity index (χ1v) is 17.8. The fourth-order valence-electron chi connectivity index (χ4n) is 7.69. The van der Waals surface area contributed by atoms with Crippen molar-refractivity contribution in [3.63, 3.8) is 0 Å². The Balaban J connectivity index is 1.16. The highest BCUT2D eigenvalue weighted by Gasteiger charge is 2.22. The average Bonchev–Trinajstić information content (AvgIpc) is 3.23. The number of aryl methyl sites for hydroxylation is 1. The molecule has 0 amide bonds. The zero-order valence-electron chi connectivity index (χ0n) is 28.4. The van der Waals surface area contributed by atoms with E-state index in [0.717, 1.165) is 40.6 Å². The van der Waals surface area contributed by atoms with Crippen molar-refractivity contribution < 1.29 is 0 Å². The number of hydrogen-bond donors (Lipinski definition) is 0. The summed E-state index contributed by atoms with van der Waals surface area (Å²) in [4.78, 5) is 19.6. The summed E-state index contributed by atoms with van der Waals surface area (Å²) in [6, 6.07) is 57.9. The Hall–Kier alpha value is -6.78. The molecule has 0 unspecified atom stereocenters. The van der Waals surface area contributed by atoms with Gasteiger partial charge in [0.15, 0.2) is 17.5 Å². The second-order valence-corrected chi connectivity index (χ2v) is 13.4. The average molecular weight is 665 g/mol. The van der Waals surface area contributed by atoms with Crippen LogP contribution < -0.4 is 0 Å². The molecule has 0 atom stereocenters. The minimum absolute atomic E-state index is 0.653. The molecule has 0 saturated carbocycles. The number of hydrogen-bond acceptors (Lipinski definition) is 4. The van der Waals surface area contributed by atoms with E-state index in [2.05, 4.69) is 102 Å². The minimum Gasteiger partial charge on any atom is -0.256 e. The molecule has 0 N–H and O–H groups in total. The maximum Gasteiger partial charge on any atom is 0.164 e. The summed E-state index contributed by atoms with van der Waals surface area (Å²) in [5.41, 5.74) is 14.0. The Bertz CT molecular complexity index is 2730. The standard InChI is InChI=1S/C48H32N4/c1-3-12-33(13-4-1)46-50-47(34-14-5-2-6-15-34)52-48(51-46)37-17-9-16-36(27-37)43-29-38(30-44-39-18-8-7-11-31(39)22-24-40(43)44)35-21-20-32-23-25-45-41(42(32)28-35)19-10-26-49-45/h1-21,23,25-30H,22,24H2. The highest BCUT2D eigenvalue weighted by Crippen LogP contribution is 2.43. The quantitative estimate of drug-likeness (QED) is 0.172. The van der Waals surface area contributed by atoms with E-state index < -0.39 is 0 Å². The van der Waals surface area contributed by atoms with Crippen LogP contribution in [0, 0.1) is 0 Å². The number of benzene rings is 7. The van der Waals surface area contributed by atoms with Crippen LogP contribution in [0.5, 0.6) is 0 Å². The largest absolute Gasteiger partial charge is 0.256 e. The molecule has 2 heterocycles. The number of pyridine rings is 1. The summed E-state index contributed by atoms with van der Waals surface area (Å²) in [7, 11) is 0. The molecule has 4 nitrogen and oxygen atoms in total. The lowest BCUT2D eigenvalue weighted by atomic mass is 9.80. The normalized spacial score (nSPS) is 12.1. The maximum atomic E-state index is 5.04. The molecule has 0 spiro atoms. The van der Waals surface area contributed by atoms with E-state index in [1.807, 2.05) is 72.9 Å². The van der Waals surface area contributed by atoms with Crippen molar-refractivity contribution in [1.82, 2.24) is 19.9 Å². The second kappa shape index (κ2) is 12.5. The fraction of sp³-hybridized carbons (Fsp3) is 0.0417. The fourth-order valence-corrected chi connectivity index (χ4v) is 7.69. The third-order valence-corrected chi connectivity index (χ3v) is 10.3. The van der Waals surface area contributed by atoms with E-state index in [9.17, 15) is 0 Å². The van der Waals surface area contributed by atoms with Gasteiger partial charge in [0.1, 0.15) is 0 Å². The van der Waals surface area contributed by atoms with Crippen molar-refractivity contribution in [2.45, 2.75) is 12.8 Å². The number of aromatic nitrogens is 4. The lowest BCUT2D eigenvalue weighted by molar-refractivity contribution is 0.944. The van der Waals surface area contributed by atoms with Crippen molar-refractivity contribution >= 4 is 21.7 Å². The van der Waals surface area contributed by atoms with Gasteiger partial charge in [-0.05, 0) is 105 Å². The Morgan fingerprint density at radius 3 is 1.81 bits per heavy atom. The van der Waals surface area contributed by atoms with Gasteiger partial charge >= 0.3 is 0 Å². The first-order chi connectivity index (χ1) is 25.7. The van der Waals surface area contributed by atoms with Crippen molar-refractivity contribution in [3.8, 4) is 67.5 Å². The van der Waals surface area contributed by atoms with Gasteiger partial charge in [0.2, 0.25) is 0 Å².